The molecule has 2 nitrogen and oxygen atoms in total. The molecule has 16 heavy (non-hydrogen) atoms. The molecule has 0 saturated carbocycles. The molecule has 0 spiro atoms. The van der Waals surface area contributed by atoms with Crippen molar-refractivity contribution in [1.29, 1.82) is 0 Å². The molecule has 0 unspecified atom stereocenters. The molecule has 1 heterocycles. The van der Waals surface area contributed by atoms with E-state index in [1.54, 1.807) is 14.2 Å². The summed E-state index contributed by atoms with van der Waals surface area (Å²) in [6.07, 6.45) is 6.29. The maximum Gasteiger partial charge on any atom is 0.162 e. The summed E-state index contributed by atoms with van der Waals surface area (Å²) in [4.78, 5) is 0. The first-order valence-electron chi connectivity index (χ1n) is 5.16. The van der Waals surface area contributed by atoms with Crippen molar-refractivity contribution in [3.63, 3.8) is 0 Å². The zero-order valence-electron chi connectivity index (χ0n) is 9.47. The minimum Gasteiger partial charge on any atom is -0.550 e. The van der Waals surface area contributed by atoms with Gasteiger partial charge in [0.1, 0.15) is 0 Å². The van der Waals surface area contributed by atoms with Crippen LogP contribution < -0.4 is 14.8 Å². The molecule has 0 bridgehead atoms. The Morgan fingerprint density at radius 2 is 1.56 bits per heavy atom. The minimum atomic E-state index is -1.56. The summed E-state index contributed by atoms with van der Waals surface area (Å²) in [6.45, 7) is -1.56. The number of hydrogen-bond acceptors (Lipinski definition) is 3. The van der Waals surface area contributed by atoms with Gasteiger partial charge in [0.2, 0.25) is 0 Å². The van der Waals surface area contributed by atoms with Crippen LogP contribution in [0.25, 0.3) is 0 Å². The van der Waals surface area contributed by atoms with Gasteiger partial charge in [0.05, 0.1) is 26.5 Å². The van der Waals surface area contributed by atoms with Crippen LogP contribution in [-0.2, 0) is 12.2 Å². The fraction of sp³-hybridized carbons (Fsp3) is 0.333. The monoisotopic (exact) mass is 254 g/mol. The van der Waals surface area contributed by atoms with E-state index in [0.717, 1.165) is 29.1 Å². The molecule has 1 aromatic rings. The Morgan fingerprint density at radius 1 is 1.06 bits per heavy atom. The van der Waals surface area contributed by atoms with Crippen molar-refractivity contribution in [2.45, 2.75) is 0 Å². The highest BCUT2D eigenvalue weighted by atomic mass is 32.7. The van der Waals surface area contributed by atoms with E-state index in [9.17, 15) is 0 Å². The fourth-order valence-electron chi connectivity index (χ4n) is 1.98. The Hall–Kier alpha value is -0.660. The third-order valence-electron chi connectivity index (χ3n) is 2.78. The van der Waals surface area contributed by atoms with Crippen molar-refractivity contribution in [3.8, 4) is 11.5 Å². The molecule has 1 aromatic carbocycles. The van der Waals surface area contributed by atoms with Crippen LogP contribution in [0.15, 0.2) is 30.4 Å². The van der Waals surface area contributed by atoms with E-state index < -0.39 is 6.46 Å². The highest BCUT2D eigenvalue weighted by molar-refractivity contribution is 8.45. The SMILES string of the molecule is COc1cccc(OC)c1[P+]1([S-])CC=CC1. The maximum atomic E-state index is 5.83. The highest BCUT2D eigenvalue weighted by Crippen LogP contribution is 2.61. The Kier molecular flexibility index (Phi) is 3.46. The lowest BCUT2D eigenvalue weighted by Gasteiger charge is -2.30. The summed E-state index contributed by atoms with van der Waals surface area (Å²) in [5.74, 6) is 1.73. The van der Waals surface area contributed by atoms with Crippen LogP contribution in [0.1, 0.15) is 0 Å². The van der Waals surface area contributed by atoms with Gasteiger partial charge < -0.3 is 21.7 Å². The van der Waals surface area contributed by atoms with Gasteiger partial charge in [0.25, 0.3) is 0 Å². The molecule has 0 atom stereocenters. The predicted octanol–water partition coefficient (Wildman–Crippen LogP) is 2.38. The van der Waals surface area contributed by atoms with Crippen molar-refractivity contribution in [1.82, 2.24) is 0 Å². The lowest BCUT2D eigenvalue weighted by Crippen LogP contribution is -2.16. The average Bonchev–Trinajstić information content (AvgIpc) is 2.76. The van der Waals surface area contributed by atoms with Gasteiger partial charge in [-0.25, -0.2) is 0 Å². The van der Waals surface area contributed by atoms with Gasteiger partial charge in [0.15, 0.2) is 16.8 Å². The van der Waals surface area contributed by atoms with Crippen LogP contribution in [0.2, 0.25) is 0 Å². The first-order chi connectivity index (χ1) is 7.71. The first kappa shape index (κ1) is 11.8. The summed E-state index contributed by atoms with van der Waals surface area (Å²) in [6, 6.07) is 5.86. The number of allylic oxidation sites excluding steroid dienone is 2. The standard InChI is InChI=1S/C12H15O2PS/c1-13-10-6-5-7-11(14-2)12(10)15(16)8-3-4-9-15/h3-7H,8-9H2,1-2H3. The lowest BCUT2D eigenvalue weighted by atomic mass is 10.3. The summed E-state index contributed by atoms with van der Waals surface area (Å²) >= 11 is 5.83. The van der Waals surface area contributed by atoms with Crippen LogP contribution in [-0.4, -0.2) is 26.5 Å². The van der Waals surface area contributed by atoms with Gasteiger partial charge >= 0.3 is 0 Å². The quantitative estimate of drug-likeness (QED) is 0.469. The largest absolute Gasteiger partial charge is 0.550 e. The molecule has 2 rings (SSSR count). The highest BCUT2D eigenvalue weighted by Gasteiger charge is 2.33. The van der Waals surface area contributed by atoms with E-state index in [2.05, 4.69) is 12.2 Å². The molecule has 0 fully saturated rings. The maximum absolute atomic E-state index is 5.83. The Morgan fingerprint density at radius 3 is 2.00 bits per heavy atom. The average molecular weight is 254 g/mol. The summed E-state index contributed by atoms with van der Waals surface area (Å²) in [5.41, 5.74) is 0. The Bertz CT molecular complexity index is 387. The third-order valence-corrected chi connectivity index (χ3v) is 7.08. The van der Waals surface area contributed by atoms with Crippen molar-refractivity contribution in [2.24, 2.45) is 0 Å². The molecule has 1 aliphatic heterocycles. The molecule has 86 valence electrons. The van der Waals surface area contributed by atoms with Gasteiger partial charge in [-0.15, -0.1) is 0 Å². The Labute approximate surface area is 102 Å². The van der Waals surface area contributed by atoms with Crippen molar-refractivity contribution in [2.75, 3.05) is 26.5 Å². The normalized spacial score (nSPS) is 17.4. The molecule has 0 saturated heterocycles. The van der Waals surface area contributed by atoms with Crippen molar-refractivity contribution >= 4 is 24.0 Å². The predicted molar refractivity (Wildman–Crippen MR) is 72.3 cm³/mol. The molecule has 4 heteroatoms. The van der Waals surface area contributed by atoms with Crippen LogP contribution in [0, 0.1) is 0 Å². The van der Waals surface area contributed by atoms with Crippen LogP contribution in [0.5, 0.6) is 11.5 Å². The van der Waals surface area contributed by atoms with E-state index >= 15 is 0 Å². The minimum absolute atomic E-state index is 0.867. The topological polar surface area (TPSA) is 18.5 Å². The zero-order chi connectivity index (χ0) is 11.6. The molecule has 0 N–H and O–H groups in total. The molecular formula is C12H15O2PS. The molecular weight excluding hydrogens is 239 g/mol. The second-order valence-corrected chi connectivity index (χ2v) is 8.79. The zero-order valence-corrected chi connectivity index (χ0v) is 11.2. The van der Waals surface area contributed by atoms with Gasteiger partial charge in [-0.05, 0) is 24.3 Å². The summed E-state index contributed by atoms with van der Waals surface area (Å²) in [7, 11) is 3.37. The number of hydrogen-bond donors (Lipinski definition) is 0. The second kappa shape index (κ2) is 4.68. The number of methoxy groups -OCH3 is 2. The molecule has 1 aliphatic rings. The van der Waals surface area contributed by atoms with E-state index in [0.29, 0.717) is 0 Å². The Balaban J connectivity index is 2.52. The number of benzene rings is 1. The van der Waals surface area contributed by atoms with Gasteiger partial charge in [-0.3, -0.25) is 0 Å². The van der Waals surface area contributed by atoms with E-state index in [-0.39, 0.29) is 0 Å². The summed E-state index contributed by atoms with van der Waals surface area (Å²) < 4.78 is 10.8. The number of rotatable bonds is 3. The van der Waals surface area contributed by atoms with Crippen molar-refractivity contribution < 1.29 is 9.47 Å². The second-order valence-electron chi connectivity index (χ2n) is 3.74. The lowest BCUT2D eigenvalue weighted by molar-refractivity contribution is 0.400. The van der Waals surface area contributed by atoms with Gasteiger partial charge in [-0.2, -0.15) is 0 Å². The smallest absolute Gasteiger partial charge is 0.162 e. The van der Waals surface area contributed by atoms with Gasteiger partial charge in [-0.1, -0.05) is 12.5 Å². The van der Waals surface area contributed by atoms with Gasteiger partial charge in [0, 0.05) is 0 Å². The summed E-state index contributed by atoms with van der Waals surface area (Å²) in [5, 5.41) is 1.11. The molecule has 0 aromatic heterocycles. The van der Waals surface area contributed by atoms with E-state index in [4.69, 9.17) is 21.7 Å². The number of ether oxygens (including phenoxy) is 2. The fourth-order valence-corrected chi connectivity index (χ4v) is 5.66. The van der Waals surface area contributed by atoms with Crippen LogP contribution >= 0.6 is 6.46 Å². The van der Waals surface area contributed by atoms with E-state index in [1.165, 1.54) is 0 Å². The third kappa shape index (κ3) is 1.94. The van der Waals surface area contributed by atoms with Crippen LogP contribution in [0.3, 0.4) is 0 Å². The molecule has 0 amide bonds. The van der Waals surface area contributed by atoms with Crippen LogP contribution in [0.4, 0.5) is 0 Å². The first-order valence-corrected chi connectivity index (χ1v) is 8.33. The van der Waals surface area contributed by atoms with E-state index in [1.807, 2.05) is 18.2 Å². The molecule has 0 radical (unpaired) electrons. The molecule has 0 aliphatic carbocycles. The van der Waals surface area contributed by atoms with Crippen molar-refractivity contribution in [3.05, 3.63) is 30.4 Å².